The molecule has 0 unspecified atom stereocenters. The van der Waals surface area contributed by atoms with Gasteiger partial charge in [-0.25, -0.2) is 4.79 Å². The molecule has 106 valence electrons. The molecule has 0 aliphatic rings. The molecule has 1 aromatic carbocycles. The molecule has 0 saturated heterocycles. The summed E-state index contributed by atoms with van der Waals surface area (Å²) in [5.74, 6) is 0.625. The second kappa shape index (κ2) is 6.86. The van der Waals surface area contributed by atoms with Crippen LogP contribution >= 0.6 is 0 Å². The van der Waals surface area contributed by atoms with Gasteiger partial charge < -0.3 is 14.4 Å². The summed E-state index contributed by atoms with van der Waals surface area (Å²) in [7, 11) is 1.34. The van der Waals surface area contributed by atoms with E-state index in [1.165, 1.54) is 7.05 Å². The fourth-order valence-corrected chi connectivity index (χ4v) is 1.16. The van der Waals surface area contributed by atoms with Gasteiger partial charge in [-0.1, -0.05) is 18.2 Å². The lowest BCUT2D eigenvalue weighted by Crippen LogP contribution is -2.33. The molecule has 0 radical (unpaired) electrons. The minimum absolute atomic E-state index is 0.131. The minimum Gasteiger partial charge on any atom is -0.492 e. The van der Waals surface area contributed by atoms with Crippen molar-refractivity contribution in [3.63, 3.8) is 0 Å². The predicted molar refractivity (Wildman–Crippen MR) is 62.0 cm³/mol. The molecule has 0 spiro atoms. The van der Waals surface area contributed by atoms with Crippen molar-refractivity contribution in [3.8, 4) is 5.75 Å². The number of para-hydroxylation sites is 1. The molecule has 0 aliphatic carbocycles. The number of likely N-dealkylation sites (N-methyl/N-ethyl adjacent to an activating group) is 1. The number of alkyl halides is 3. The van der Waals surface area contributed by atoms with Crippen LogP contribution < -0.4 is 4.74 Å². The summed E-state index contributed by atoms with van der Waals surface area (Å²) in [5.41, 5.74) is 0. The Balaban J connectivity index is 2.23. The van der Waals surface area contributed by atoms with Crippen molar-refractivity contribution < 1.29 is 27.4 Å². The van der Waals surface area contributed by atoms with Crippen LogP contribution in [0.1, 0.15) is 0 Å². The smallest absolute Gasteiger partial charge is 0.422 e. The topological polar surface area (TPSA) is 38.8 Å². The van der Waals surface area contributed by atoms with Gasteiger partial charge in [0.15, 0.2) is 6.61 Å². The van der Waals surface area contributed by atoms with Crippen molar-refractivity contribution in [2.75, 3.05) is 26.8 Å². The average Bonchev–Trinajstić information content (AvgIpc) is 2.36. The number of halogens is 3. The maximum absolute atomic E-state index is 11.8. The van der Waals surface area contributed by atoms with Gasteiger partial charge >= 0.3 is 12.3 Å². The molecular formula is C12H14F3NO3. The lowest BCUT2D eigenvalue weighted by molar-refractivity contribution is -0.162. The molecule has 19 heavy (non-hydrogen) atoms. The summed E-state index contributed by atoms with van der Waals surface area (Å²) in [6.07, 6.45) is -5.55. The van der Waals surface area contributed by atoms with Gasteiger partial charge in [0.05, 0.1) is 6.54 Å². The van der Waals surface area contributed by atoms with E-state index in [9.17, 15) is 18.0 Å². The standard InChI is InChI=1S/C12H14F3NO3/c1-16(11(17)19-9-12(13,14)15)7-8-18-10-5-3-2-4-6-10/h2-6H,7-9H2,1H3. The number of carbonyl (C=O) groups excluding carboxylic acids is 1. The molecule has 1 rings (SSSR count). The predicted octanol–water partition coefficient (Wildman–Crippen LogP) is 2.70. The number of nitrogens with zero attached hydrogens (tertiary/aromatic N) is 1. The Kier molecular flexibility index (Phi) is 5.47. The quantitative estimate of drug-likeness (QED) is 0.830. The summed E-state index contributed by atoms with van der Waals surface area (Å²) in [6, 6.07) is 8.88. The van der Waals surface area contributed by atoms with Crippen LogP contribution in [0.3, 0.4) is 0 Å². The molecule has 0 bridgehead atoms. The first-order chi connectivity index (χ1) is 8.88. The summed E-state index contributed by atoms with van der Waals surface area (Å²) in [6.45, 7) is -1.29. The number of ether oxygens (including phenoxy) is 2. The molecule has 0 fully saturated rings. The van der Waals surface area contributed by atoms with Crippen LogP contribution in [0.5, 0.6) is 5.75 Å². The first-order valence-corrected chi connectivity index (χ1v) is 5.51. The van der Waals surface area contributed by atoms with Crippen molar-refractivity contribution in [1.29, 1.82) is 0 Å². The SMILES string of the molecule is CN(CCOc1ccccc1)C(=O)OCC(F)(F)F. The molecule has 1 aromatic rings. The van der Waals surface area contributed by atoms with Gasteiger partial charge in [-0.15, -0.1) is 0 Å². The molecule has 0 aromatic heterocycles. The maximum atomic E-state index is 11.8. The van der Waals surface area contributed by atoms with Crippen LogP contribution in [0.15, 0.2) is 30.3 Å². The fraction of sp³-hybridized carbons (Fsp3) is 0.417. The number of benzene rings is 1. The highest BCUT2D eigenvalue weighted by Crippen LogP contribution is 2.15. The molecule has 7 heteroatoms. The second-order valence-electron chi connectivity index (χ2n) is 3.75. The van der Waals surface area contributed by atoms with E-state index >= 15 is 0 Å². The van der Waals surface area contributed by atoms with E-state index in [2.05, 4.69) is 4.74 Å². The van der Waals surface area contributed by atoms with Crippen molar-refractivity contribution >= 4 is 6.09 Å². The lowest BCUT2D eigenvalue weighted by atomic mass is 10.3. The Labute approximate surface area is 108 Å². The molecular weight excluding hydrogens is 263 g/mol. The zero-order valence-electron chi connectivity index (χ0n) is 10.3. The molecule has 0 N–H and O–H groups in total. The van der Waals surface area contributed by atoms with E-state index in [4.69, 9.17) is 4.74 Å². The van der Waals surface area contributed by atoms with Gasteiger partial charge in [0.25, 0.3) is 0 Å². The molecule has 0 saturated carbocycles. The van der Waals surface area contributed by atoms with Gasteiger partial charge in [0.1, 0.15) is 12.4 Å². The van der Waals surface area contributed by atoms with Gasteiger partial charge in [0.2, 0.25) is 0 Å². The zero-order chi connectivity index (χ0) is 14.3. The highest BCUT2D eigenvalue weighted by atomic mass is 19.4. The highest BCUT2D eigenvalue weighted by Gasteiger charge is 2.30. The Morgan fingerprint density at radius 2 is 1.89 bits per heavy atom. The molecule has 4 nitrogen and oxygen atoms in total. The Morgan fingerprint density at radius 3 is 2.47 bits per heavy atom. The van der Waals surface area contributed by atoms with Crippen LogP contribution in [-0.2, 0) is 4.74 Å². The van der Waals surface area contributed by atoms with Crippen LogP contribution in [0.4, 0.5) is 18.0 Å². The van der Waals surface area contributed by atoms with E-state index in [-0.39, 0.29) is 13.2 Å². The van der Waals surface area contributed by atoms with Crippen molar-refractivity contribution in [2.24, 2.45) is 0 Å². The van der Waals surface area contributed by atoms with Crippen LogP contribution in [0.25, 0.3) is 0 Å². The zero-order valence-corrected chi connectivity index (χ0v) is 10.3. The van der Waals surface area contributed by atoms with Gasteiger partial charge in [0, 0.05) is 7.05 Å². The Morgan fingerprint density at radius 1 is 1.26 bits per heavy atom. The molecule has 0 heterocycles. The molecule has 0 atom stereocenters. The van der Waals surface area contributed by atoms with Crippen LogP contribution in [0, 0.1) is 0 Å². The van der Waals surface area contributed by atoms with Gasteiger partial charge in [-0.2, -0.15) is 13.2 Å². The first kappa shape index (κ1) is 15.1. The van der Waals surface area contributed by atoms with E-state index in [1.807, 2.05) is 6.07 Å². The summed E-state index contributed by atoms with van der Waals surface area (Å²) >= 11 is 0. The number of amides is 1. The summed E-state index contributed by atoms with van der Waals surface area (Å²) in [5, 5.41) is 0. The lowest BCUT2D eigenvalue weighted by Gasteiger charge is -2.17. The minimum atomic E-state index is -4.52. The van der Waals surface area contributed by atoms with Crippen molar-refractivity contribution in [3.05, 3.63) is 30.3 Å². The van der Waals surface area contributed by atoms with Crippen LogP contribution in [0.2, 0.25) is 0 Å². The number of hydrogen-bond donors (Lipinski definition) is 0. The average molecular weight is 277 g/mol. The van der Waals surface area contributed by atoms with E-state index in [1.54, 1.807) is 24.3 Å². The van der Waals surface area contributed by atoms with Gasteiger partial charge in [-0.05, 0) is 12.1 Å². The van der Waals surface area contributed by atoms with Gasteiger partial charge in [-0.3, -0.25) is 0 Å². The third kappa shape index (κ3) is 6.54. The normalized spacial score (nSPS) is 10.9. The monoisotopic (exact) mass is 277 g/mol. The molecule has 0 aliphatic heterocycles. The Hall–Kier alpha value is -1.92. The number of rotatable bonds is 5. The first-order valence-electron chi connectivity index (χ1n) is 5.51. The largest absolute Gasteiger partial charge is 0.492 e. The third-order valence-corrected chi connectivity index (χ3v) is 2.11. The van der Waals surface area contributed by atoms with Crippen LogP contribution in [-0.4, -0.2) is 44.0 Å². The van der Waals surface area contributed by atoms with Crippen molar-refractivity contribution in [1.82, 2.24) is 4.90 Å². The second-order valence-corrected chi connectivity index (χ2v) is 3.75. The molecule has 1 amide bonds. The fourth-order valence-electron chi connectivity index (χ4n) is 1.16. The highest BCUT2D eigenvalue weighted by molar-refractivity contribution is 5.67. The summed E-state index contributed by atoms with van der Waals surface area (Å²) < 4.78 is 44.9. The Bertz CT molecular complexity index is 395. The van der Waals surface area contributed by atoms with E-state index in [0.717, 1.165) is 4.90 Å². The van der Waals surface area contributed by atoms with Crippen molar-refractivity contribution in [2.45, 2.75) is 6.18 Å². The third-order valence-electron chi connectivity index (χ3n) is 2.11. The number of carbonyl (C=O) groups is 1. The number of hydrogen-bond acceptors (Lipinski definition) is 3. The van der Waals surface area contributed by atoms with E-state index in [0.29, 0.717) is 5.75 Å². The maximum Gasteiger partial charge on any atom is 0.422 e. The van der Waals surface area contributed by atoms with E-state index < -0.39 is 18.9 Å². The summed E-state index contributed by atoms with van der Waals surface area (Å²) in [4.78, 5) is 12.2.